The van der Waals surface area contributed by atoms with E-state index in [0.29, 0.717) is 13.1 Å². The summed E-state index contributed by atoms with van der Waals surface area (Å²) in [6.07, 6.45) is 4.64. The Labute approximate surface area is 134 Å². The molecule has 2 aromatic rings. The maximum absolute atomic E-state index is 11.8. The van der Waals surface area contributed by atoms with E-state index in [-0.39, 0.29) is 12.8 Å². The van der Waals surface area contributed by atoms with Crippen molar-refractivity contribution in [2.24, 2.45) is 0 Å². The molecule has 2 N–H and O–H groups in total. The summed E-state index contributed by atoms with van der Waals surface area (Å²) in [7, 11) is 0. The van der Waals surface area contributed by atoms with Crippen molar-refractivity contribution < 1.29 is 14.3 Å². The summed E-state index contributed by atoms with van der Waals surface area (Å²) in [4.78, 5) is 11.8. The lowest BCUT2D eigenvalue weighted by Gasteiger charge is -2.08. The van der Waals surface area contributed by atoms with Crippen LogP contribution in [0, 0.1) is 6.92 Å². The maximum Gasteiger partial charge on any atom is 0.315 e. The van der Waals surface area contributed by atoms with E-state index in [2.05, 4.69) is 15.7 Å². The van der Waals surface area contributed by atoms with E-state index in [1.54, 1.807) is 0 Å². The van der Waals surface area contributed by atoms with Gasteiger partial charge in [-0.05, 0) is 36.6 Å². The summed E-state index contributed by atoms with van der Waals surface area (Å²) in [5, 5.41) is 9.86. The van der Waals surface area contributed by atoms with Crippen LogP contribution in [0.4, 0.5) is 4.79 Å². The molecule has 1 aliphatic rings. The van der Waals surface area contributed by atoms with Gasteiger partial charge in [0.1, 0.15) is 0 Å². The molecule has 23 heavy (non-hydrogen) atoms. The number of nitrogens with zero attached hydrogens (tertiary/aromatic N) is 2. The number of amides is 2. The molecule has 2 heterocycles. The van der Waals surface area contributed by atoms with Crippen LogP contribution in [0.5, 0.6) is 11.5 Å². The van der Waals surface area contributed by atoms with Gasteiger partial charge in [-0.3, -0.25) is 4.68 Å². The van der Waals surface area contributed by atoms with Crippen molar-refractivity contribution in [2.45, 2.75) is 26.4 Å². The summed E-state index contributed by atoms with van der Waals surface area (Å²) in [6.45, 7) is 4.09. The predicted molar refractivity (Wildman–Crippen MR) is 84.4 cm³/mol. The summed E-state index contributed by atoms with van der Waals surface area (Å²) in [5.74, 6) is 1.46. The molecule has 0 spiro atoms. The lowest BCUT2D eigenvalue weighted by Crippen LogP contribution is -2.35. The minimum Gasteiger partial charge on any atom is -0.454 e. The third-order valence-corrected chi connectivity index (χ3v) is 3.50. The topological polar surface area (TPSA) is 77.4 Å². The summed E-state index contributed by atoms with van der Waals surface area (Å²) in [5.41, 5.74) is 2.11. The van der Waals surface area contributed by atoms with Gasteiger partial charge in [0, 0.05) is 25.8 Å². The van der Waals surface area contributed by atoms with Crippen LogP contribution in [0.1, 0.15) is 17.5 Å². The number of nitrogens with one attached hydrogen (secondary N) is 2. The van der Waals surface area contributed by atoms with E-state index < -0.39 is 0 Å². The predicted octanol–water partition coefficient (Wildman–Crippen LogP) is 1.81. The van der Waals surface area contributed by atoms with E-state index in [1.165, 1.54) is 0 Å². The Morgan fingerprint density at radius 3 is 3.00 bits per heavy atom. The molecule has 0 saturated heterocycles. The molecular weight excluding hydrogens is 296 g/mol. The molecule has 2 amide bonds. The Kier molecular flexibility index (Phi) is 4.65. The van der Waals surface area contributed by atoms with Crippen LogP contribution in [-0.4, -0.2) is 29.1 Å². The second-order valence-corrected chi connectivity index (χ2v) is 5.43. The van der Waals surface area contributed by atoms with Gasteiger partial charge in [0.2, 0.25) is 6.79 Å². The Morgan fingerprint density at radius 2 is 2.17 bits per heavy atom. The quantitative estimate of drug-likeness (QED) is 0.797. The molecule has 7 nitrogen and oxygen atoms in total. The highest BCUT2D eigenvalue weighted by atomic mass is 16.7. The van der Waals surface area contributed by atoms with Gasteiger partial charge in [-0.15, -0.1) is 0 Å². The molecule has 1 aromatic heterocycles. The number of ether oxygens (including phenoxy) is 2. The fourth-order valence-corrected chi connectivity index (χ4v) is 2.33. The van der Waals surface area contributed by atoms with Crippen LogP contribution in [-0.2, 0) is 13.1 Å². The lowest BCUT2D eigenvalue weighted by atomic mass is 10.2. The Morgan fingerprint density at radius 1 is 1.30 bits per heavy atom. The molecule has 0 atom stereocenters. The molecule has 1 aromatic carbocycles. The van der Waals surface area contributed by atoms with Gasteiger partial charge in [0.25, 0.3) is 0 Å². The van der Waals surface area contributed by atoms with Crippen LogP contribution < -0.4 is 20.1 Å². The molecule has 0 unspecified atom stereocenters. The van der Waals surface area contributed by atoms with E-state index in [0.717, 1.165) is 35.6 Å². The number of carbonyl (C=O) groups excluding carboxylic acids is 1. The smallest absolute Gasteiger partial charge is 0.315 e. The molecule has 0 saturated carbocycles. The zero-order valence-corrected chi connectivity index (χ0v) is 13.0. The van der Waals surface area contributed by atoms with E-state index in [9.17, 15) is 4.79 Å². The molecule has 0 bridgehead atoms. The SMILES string of the molecule is Cc1cnn(CCCNC(=O)NCc2ccc3c(c2)OCO3)c1. The van der Waals surface area contributed by atoms with Crippen molar-refractivity contribution in [1.29, 1.82) is 0 Å². The first-order chi connectivity index (χ1) is 11.2. The molecular formula is C16H20N4O3. The largest absolute Gasteiger partial charge is 0.454 e. The molecule has 122 valence electrons. The zero-order valence-electron chi connectivity index (χ0n) is 13.0. The molecule has 0 radical (unpaired) electrons. The van der Waals surface area contributed by atoms with Crippen molar-refractivity contribution in [2.75, 3.05) is 13.3 Å². The number of benzene rings is 1. The standard InChI is InChI=1S/C16H20N4O3/c1-12-8-19-20(10-12)6-2-5-17-16(21)18-9-13-3-4-14-15(7-13)23-11-22-14/h3-4,7-8,10H,2,5-6,9,11H2,1H3,(H2,17,18,21). The number of carbonyl (C=O) groups is 1. The van der Waals surface area contributed by atoms with E-state index in [1.807, 2.05) is 42.2 Å². The minimum absolute atomic E-state index is 0.181. The fraction of sp³-hybridized carbons (Fsp3) is 0.375. The minimum atomic E-state index is -0.181. The first kappa shape index (κ1) is 15.2. The van der Waals surface area contributed by atoms with Crippen molar-refractivity contribution >= 4 is 6.03 Å². The number of hydrogen-bond acceptors (Lipinski definition) is 4. The second-order valence-electron chi connectivity index (χ2n) is 5.43. The summed E-state index contributed by atoms with van der Waals surface area (Å²) < 4.78 is 12.4. The Hall–Kier alpha value is -2.70. The second kappa shape index (κ2) is 7.04. The Bertz CT molecular complexity index is 684. The first-order valence-electron chi connectivity index (χ1n) is 7.60. The van der Waals surface area contributed by atoms with E-state index in [4.69, 9.17) is 9.47 Å². The number of rotatable bonds is 6. The fourth-order valence-electron chi connectivity index (χ4n) is 2.33. The van der Waals surface area contributed by atoms with Gasteiger partial charge in [0.05, 0.1) is 6.20 Å². The van der Waals surface area contributed by atoms with Crippen LogP contribution in [0.25, 0.3) is 0 Å². The summed E-state index contributed by atoms with van der Waals surface area (Å²) >= 11 is 0. The Balaban J connectivity index is 1.35. The number of hydrogen-bond donors (Lipinski definition) is 2. The third kappa shape index (κ3) is 4.15. The molecule has 1 aliphatic heterocycles. The average Bonchev–Trinajstić information content (AvgIpc) is 3.17. The number of fused-ring (bicyclic) bond motifs is 1. The van der Waals surface area contributed by atoms with Gasteiger partial charge in [-0.1, -0.05) is 6.07 Å². The van der Waals surface area contributed by atoms with E-state index >= 15 is 0 Å². The van der Waals surface area contributed by atoms with Crippen molar-refractivity contribution in [3.05, 3.63) is 41.7 Å². The van der Waals surface area contributed by atoms with Gasteiger partial charge < -0.3 is 20.1 Å². The molecule has 3 rings (SSSR count). The third-order valence-electron chi connectivity index (χ3n) is 3.50. The van der Waals surface area contributed by atoms with Gasteiger partial charge in [0.15, 0.2) is 11.5 Å². The van der Waals surface area contributed by atoms with Crippen molar-refractivity contribution in [1.82, 2.24) is 20.4 Å². The van der Waals surface area contributed by atoms with Crippen LogP contribution >= 0.6 is 0 Å². The highest BCUT2D eigenvalue weighted by Gasteiger charge is 2.13. The lowest BCUT2D eigenvalue weighted by molar-refractivity contribution is 0.174. The van der Waals surface area contributed by atoms with Crippen molar-refractivity contribution in [3.63, 3.8) is 0 Å². The average molecular weight is 316 g/mol. The maximum atomic E-state index is 11.8. The van der Waals surface area contributed by atoms with Crippen LogP contribution in [0.3, 0.4) is 0 Å². The molecule has 0 fully saturated rings. The normalized spacial score (nSPS) is 12.2. The van der Waals surface area contributed by atoms with Gasteiger partial charge in [-0.2, -0.15) is 5.10 Å². The van der Waals surface area contributed by atoms with Crippen LogP contribution in [0.15, 0.2) is 30.6 Å². The molecule has 7 heteroatoms. The van der Waals surface area contributed by atoms with Gasteiger partial charge >= 0.3 is 6.03 Å². The number of urea groups is 1. The highest BCUT2D eigenvalue weighted by molar-refractivity contribution is 5.73. The van der Waals surface area contributed by atoms with Gasteiger partial charge in [-0.25, -0.2) is 4.79 Å². The van der Waals surface area contributed by atoms with Crippen LogP contribution in [0.2, 0.25) is 0 Å². The first-order valence-corrected chi connectivity index (χ1v) is 7.60. The number of aryl methyl sites for hydroxylation is 2. The number of aromatic nitrogens is 2. The summed E-state index contributed by atoms with van der Waals surface area (Å²) in [6, 6.07) is 5.46. The highest BCUT2D eigenvalue weighted by Crippen LogP contribution is 2.32. The monoisotopic (exact) mass is 316 g/mol. The zero-order chi connectivity index (χ0) is 16.1. The van der Waals surface area contributed by atoms with Crippen molar-refractivity contribution in [3.8, 4) is 11.5 Å². The molecule has 0 aliphatic carbocycles.